The van der Waals surface area contributed by atoms with Crippen LogP contribution in [0.15, 0.2) is 57.4 Å². The molecule has 3 aromatic rings. The van der Waals surface area contributed by atoms with Gasteiger partial charge >= 0.3 is 0 Å². The third-order valence-corrected chi connectivity index (χ3v) is 3.78. The zero-order valence-corrected chi connectivity index (χ0v) is 14.4. The molecule has 1 amide bonds. The van der Waals surface area contributed by atoms with E-state index in [4.69, 9.17) is 9.15 Å². The average Bonchev–Trinajstić information content (AvgIpc) is 3.02. The molecule has 0 aliphatic carbocycles. The molecular formula is C17H14BrN3O3. The fourth-order valence-electron chi connectivity index (χ4n) is 2.07. The molecule has 0 radical (unpaired) electrons. The van der Waals surface area contributed by atoms with Gasteiger partial charge in [0, 0.05) is 23.2 Å². The van der Waals surface area contributed by atoms with E-state index in [1.807, 2.05) is 24.3 Å². The maximum Gasteiger partial charge on any atom is 0.254 e. The highest BCUT2D eigenvalue weighted by molar-refractivity contribution is 9.10. The second-order valence-corrected chi connectivity index (χ2v) is 5.83. The van der Waals surface area contributed by atoms with E-state index in [0.717, 1.165) is 10.0 Å². The summed E-state index contributed by atoms with van der Waals surface area (Å²) in [5.41, 5.74) is 1.49. The fourth-order valence-corrected chi connectivity index (χ4v) is 2.52. The first kappa shape index (κ1) is 16.2. The highest BCUT2D eigenvalue weighted by Crippen LogP contribution is 2.27. The molecule has 24 heavy (non-hydrogen) atoms. The highest BCUT2D eigenvalue weighted by Gasteiger charge is 2.11. The van der Waals surface area contributed by atoms with Crippen LogP contribution in [0.25, 0.3) is 11.5 Å². The molecule has 0 unspecified atom stereocenters. The van der Waals surface area contributed by atoms with Crippen molar-refractivity contribution in [3.8, 4) is 17.2 Å². The molecule has 0 aliphatic rings. The fraction of sp³-hybridized carbons (Fsp3) is 0.118. The molecule has 0 aliphatic heterocycles. The molecule has 0 saturated carbocycles. The van der Waals surface area contributed by atoms with Crippen LogP contribution in [0.2, 0.25) is 0 Å². The molecule has 1 aromatic heterocycles. The lowest BCUT2D eigenvalue weighted by Gasteiger charge is -2.06. The van der Waals surface area contributed by atoms with Gasteiger partial charge in [-0.1, -0.05) is 18.2 Å². The molecular weight excluding hydrogens is 374 g/mol. The number of nitrogens with zero attached hydrogens (tertiary/aromatic N) is 2. The summed E-state index contributed by atoms with van der Waals surface area (Å²) in [6.45, 7) is 1.59. The van der Waals surface area contributed by atoms with Gasteiger partial charge in [-0.2, -0.15) is 0 Å². The zero-order chi connectivity index (χ0) is 16.9. The third kappa shape index (κ3) is 3.99. The van der Waals surface area contributed by atoms with E-state index in [1.54, 1.807) is 24.3 Å². The molecule has 7 heteroatoms. The number of carbonyl (C=O) groups excluding carboxylic acids is 1. The second kappa shape index (κ2) is 7.27. The maximum atomic E-state index is 11.1. The monoisotopic (exact) mass is 387 g/mol. The van der Waals surface area contributed by atoms with Crippen LogP contribution in [0.5, 0.6) is 5.75 Å². The summed E-state index contributed by atoms with van der Waals surface area (Å²) in [6, 6.07) is 14.7. The first-order chi connectivity index (χ1) is 11.6. The summed E-state index contributed by atoms with van der Waals surface area (Å²) in [4.78, 5) is 11.1. The summed E-state index contributed by atoms with van der Waals surface area (Å²) in [5.74, 6) is 1.25. The van der Waals surface area contributed by atoms with E-state index in [2.05, 4.69) is 31.4 Å². The van der Waals surface area contributed by atoms with Crippen molar-refractivity contribution in [3.05, 3.63) is 58.9 Å². The SMILES string of the molecule is CC(=O)Nc1cccc(OCc2nnc(-c3ccccc3Br)o2)c1. The number of nitrogens with one attached hydrogen (secondary N) is 1. The topological polar surface area (TPSA) is 77.2 Å². The number of hydrogen-bond acceptors (Lipinski definition) is 5. The first-order valence-electron chi connectivity index (χ1n) is 7.19. The largest absolute Gasteiger partial charge is 0.484 e. The number of amides is 1. The van der Waals surface area contributed by atoms with Gasteiger partial charge in [-0.15, -0.1) is 10.2 Å². The number of aromatic nitrogens is 2. The summed E-state index contributed by atoms with van der Waals surface area (Å²) in [7, 11) is 0. The van der Waals surface area contributed by atoms with Gasteiger partial charge in [0.05, 0.1) is 5.56 Å². The van der Waals surface area contributed by atoms with Crippen molar-refractivity contribution in [3.63, 3.8) is 0 Å². The van der Waals surface area contributed by atoms with Gasteiger partial charge < -0.3 is 14.5 Å². The molecule has 122 valence electrons. The van der Waals surface area contributed by atoms with Crippen molar-refractivity contribution in [1.29, 1.82) is 0 Å². The smallest absolute Gasteiger partial charge is 0.254 e. The van der Waals surface area contributed by atoms with Crippen LogP contribution in [0.1, 0.15) is 12.8 Å². The van der Waals surface area contributed by atoms with E-state index in [9.17, 15) is 4.79 Å². The molecule has 6 nitrogen and oxygen atoms in total. The summed E-state index contributed by atoms with van der Waals surface area (Å²) in [5, 5.41) is 10.7. The number of carbonyl (C=O) groups is 1. The van der Waals surface area contributed by atoms with Crippen LogP contribution in [0.3, 0.4) is 0 Å². The summed E-state index contributed by atoms with van der Waals surface area (Å²) < 4.78 is 12.1. The minimum Gasteiger partial charge on any atom is -0.484 e. The minimum absolute atomic E-state index is 0.137. The van der Waals surface area contributed by atoms with Gasteiger partial charge in [-0.05, 0) is 40.2 Å². The number of halogens is 1. The minimum atomic E-state index is -0.137. The van der Waals surface area contributed by atoms with E-state index in [1.165, 1.54) is 6.92 Å². The Balaban J connectivity index is 1.68. The number of ether oxygens (including phenoxy) is 1. The molecule has 0 spiro atoms. The first-order valence-corrected chi connectivity index (χ1v) is 7.99. The van der Waals surface area contributed by atoms with Gasteiger partial charge in [0.25, 0.3) is 5.89 Å². The van der Waals surface area contributed by atoms with Crippen molar-refractivity contribution in [2.24, 2.45) is 0 Å². The quantitative estimate of drug-likeness (QED) is 0.714. The lowest BCUT2D eigenvalue weighted by molar-refractivity contribution is -0.114. The van der Waals surface area contributed by atoms with Gasteiger partial charge in [0.2, 0.25) is 11.8 Å². The van der Waals surface area contributed by atoms with Crippen LogP contribution in [0, 0.1) is 0 Å². The molecule has 0 saturated heterocycles. The van der Waals surface area contributed by atoms with E-state index in [0.29, 0.717) is 23.2 Å². The Kier molecular flexibility index (Phi) is 4.90. The third-order valence-electron chi connectivity index (χ3n) is 3.09. The number of rotatable bonds is 5. The molecule has 1 heterocycles. The normalized spacial score (nSPS) is 10.4. The molecule has 3 rings (SSSR count). The summed E-state index contributed by atoms with van der Waals surface area (Å²) in [6.07, 6.45) is 0. The standard InChI is InChI=1S/C17H14BrN3O3/c1-11(22)19-12-5-4-6-13(9-12)23-10-16-20-21-17(24-16)14-7-2-3-8-15(14)18/h2-9H,10H2,1H3,(H,19,22). The lowest BCUT2D eigenvalue weighted by Crippen LogP contribution is -2.05. The van der Waals surface area contributed by atoms with Crippen molar-refractivity contribution in [1.82, 2.24) is 10.2 Å². The van der Waals surface area contributed by atoms with Gasteiger partial charge in [0.15, 0.2) is 6.61 Å². The van der Waals surface area contributed by atoms with Crippen molar-refractivity contribution in [2.75, 3.05) is 5.32 Å². The van der Waals surface area contributed by atoms with Crippen LogP contribution >= 0.6 is 15.9 Å². The predicted molar refractivity (Wildman–Crippen MR) is 92.5 cm³/mol. The highest BCUT2D eigenvalue weighted by atomic mass is 79.9. The Morgan fingerprint density at radius 3 is 2.83 bits per heavy atom. The number of anilines is 1. The van der Waals surface area contributed by atoms with Crippen molar-refractivity contribution in [2.45, 2.75) is 13.5 Å². The van der Waals surface area contributed by atoms with Crippen molar-refractivity contribution >= 4 is 27.5 Å². The van der Waals surface area contributed by atoms with Gasteiger partial charge in [-0.3, -0.25) is 4.79 Å². The molecule has 0 fully saturated rings. The Bertz CT molecular complexity index is 864. The van der Waals surface area contributed by atoms with Gasteiger partial charge in [0.1, 0.15) is 5.75 Å². The van der Waals surface area contributed by atoms with E-state index < -0.39 is 0 Å². The molecule has 1 N–H and O–H groups in total. The second-order valence-electron chi connectivity index (χ2n) is 4.98. The maximum absolute atomic E-state index is 11.1. The molecule has 0 atom stereocenters. The predicted octanol–water partition coefficient (Wildman–Crippen LogP) is 4.04. The molecule has 0 bridgehead atoms. The van der Waals surface area contributed by atoms with E-state index >= 15 is 0 Å². The van der Waals surface area contributed by atoms with Crippen LogP contribution in [-0.2, 0) is 11.4 Å². The van der Waals surface area contributed by atoms with Crippen LogP contribution in [-0.4, -0.2) is 16.1 Å². The Morgan fingerprint density at radius 1 is 1.21 bits per heavy atom. The van der Waals surface area contributed by atoms with Crippen LogP contribution < -0.4 is 10.1 Å². The Morgan fingerprint density at radius 2 is 2.04 bits per heavy atom. The summed E-state index contributed by atoms with van der Waals surface area (Å²) >= 11 is 3.45. The number of hydrogen-bond donors (Lipinski definition) is 1. The van der Waals surface area contributed by atoms with E-state index in [-0.39, 0.29) is 12.5 Å². The van der Waals surface area contributed by atoms with Gasteiger partial charge in [-0.25, -0.2) is 0 Å². The van der Waals surface area contributed by atoms with Crippen molar-refractivity contribution < 1.29 is 13.9 Å². The zero-order valence-electron chi connectivity index (χ0n) is 12.8. The average molecular weight is 388 g/mol. The Hall–Kier alpha value is -2.67. The number of benzene rings is 2. The lowest BCUT2D eigenvalue weighted by atomic mass is 10.2. The van der Waals surface area contributed by atoms with Crippen LogP contribution in [0.4, 0.5) is 5.69 Å². The Labute approximate surface area is 147 Å². The molecule has 2 aromatic carbocycles.